The van der Waals surface area contributed by atoms with Gasteiger partial charge in [0.1, 0.15) is 0 Å². The molecule has 0 atom stereocenters. The lowest BCUT2D eigenvalue weighted by atomic mass is 9.89. The van der Waals surface area contributed by atoms with Crippen LogP contribution in [-0.2, 0) is 6.54 Å². The molecule has 3 nitrogen and oxygen atoms in total. The molecule has 3 rings (SSSR count). The highest BCUT2D eigenvalue weighted by molar-refractivity contribution is 4.99. The largest absolute Gasteiger partial charge is 0.311 e. The van der Waals surface area contributed by atoms with Gasteiger partial charge in [-0.1, -0.05) is 38.5 Å². The SMILES string of the molecule is c1cn(C2CCCCC2)nc1CNCC1CCCCC1. The van der Waals surface area contributed by atoms with E-state index in [-0.39, 0.29) is 0 Å². The minimum absolute atomic E-state index is 0.663. The molecular weight excluding hydrogens is 246 g/mol. The van der Waals surface area contributed by atoms with Crippen LogP contribution >= 0.6 is 0 Å². The van der Waals surface area contributed by atoms with E-state index < -0.39 is 0 Å². The summed E-state index contributed by atoms with van der Waals surface area (Å²) in [5.41, 5.74) is 1.21. The quantitative estimate of drug-likeness (QED) is 0.878. The van der Waals surface area contributed by atoms with E-state index in [1.165, 1.54) is 76.4 Å². The number of nitrogens with zero attached hydrogens (tertiary/aromatic N) is 2. The van der Waals surface area contributed by atoms with E-state index in [1.807, 2.05) is 0 Å². The summed E-state index contributed by atoms with van der Waals surface area (Å²) in [5.74, 6) is 0.907. The molecular formula is C17H29N3. The first kappa shape index (κ1) is 14.1. The summed E-state index contributed by atoms with van der Waals surface area (Å²) in [6.07, 6.45) is 16.1. The van der Waals surface area contributed by atoms with Crippen molar-refractivity contribution in [3.05, 3.63) is 18.0 Å². The molecule has 1 aromatic rings. The maximum absolute atomic E-state index is 4.77. The number of hydrogen-bond acceptors (Lipinski definition) is 2. The predicted molar refractivity (Wildman–Crippen MR) is 82.6 cm³/mol. The molecule has 0 amide bonds. The second-order valence-electron chi connectivity index (χ2n) is 6.71. The number of rotatable bonds is 5. The first-order valence-corrected chi connectivity index (χ1v) is 8.66. The number of aromatic nitrogens is 2. The van der Waals surface area contributed by atoms with Gasteiger partial charge in [-0.2, -0.15) is 5.10 Å². The van der Waals surface area contributed by atoms with Crippen molar-refractivity contribution in [1.82, 2.24) is 15.1 Å². The molecule has 0 aliphatic heterocycles. The lowest BCUT2D eigenvalue weighted by Gasteiger charge is -2.22. The molecule has 2 aliphatic carbocycles. The van der Waals surface area contributed by atoms with E-state index >= 15 is 0 Å². The van der Waals surface area contributed by atoms with Crippen LogP contribution in [0.5, 0.6) is 0 Å². The van der Waals surface area contributed by atoms with Crippen LogP contribution in [0.25, 0.3) is 0 Å². The minimum Gasteiger partial charge on any atom is -0.311 e. The molecule has 1 heterocycles. The summed E-state index contributed by atoms with van der Waals surface area (Å²) in [7, 11) is 0. The fourth-order valence-corrected chi connectivity index (χ4v) is 3.82. The Balaban J connectivity index is 1.42. The molecule has 3 heteroatoms. The summed E-state index contributed by atoms with van der Waals surface area (Å²) in [5, 5.41) is 8.38. The van der Waals surface area contributed by atoms with E-state index in [9.17, 15) is 0 Å². The molecule has 112 valence electrons. The lowest BCUT2D eigenvalue weighted by molar-refractivity contribution is 0.325. The Kier molecular flexibility index (Phi) is 5.12. The zero-order valence-electron chi connectivity index (χ0n) is 12.7. The Morgan fingerprint density at radius 2 is 1.70 bits per heavy atom. The minimum atomic E-state index is 0.663. The zero-order chi connectivity index (χ0) is 13.6. The topological polar surface area (TPSA) is 29.9 Å². The molecule has 0 spiro atoms. The van der Waals surface area contributed by atoms with Crippen LogP contribution in [0.15, 0.2) is 12.3 Å². The van der Waals surface area contributed by atoms with Gasteiger partial charge in [-0.3, -0.25) is 4.68 Å². The van der Waals surface area contributed by atoms with Gasteiger partial charge in [0.15, 0.2) is 0 Å². The van der Waals surface area contributed by atoms with E-state index in [2.05, 4.69) is 22.3 Å². The van der Waals surface area contributed by atoms with Gasteiger partial charge in [-0.15, -0.1) is 0 Å². The molecule has 0 bridgehead atoms. The summed E-state index contributed by atoms with van der Waals surface area (Å²) < 4.78 is 2.22. The Labute approximate surface area is 123 Å². The molecule has 1 aromatic heterocycles. The maximum atomic E-state index is 4.77. The van der Waals surface area contributed by atoms with Gasteiger partial charge in [0.05, 0.1) is 11.7 Å². The second kappa shape index (κ2) is 7.26. The highest BCUT2D eigenvalue weighted by Crippen LogP contribution is 2.27. The van der Waals surface area contributed by atoms with Crippen LogP contribution in [0.4, 0.5) is 0 Å². The third kappa shape index (κ3) is 3.85. The second-order valence-corrected chi connectivity index (χ2v) is 6.71. The van der Waals surface area contributed by atoms with Gasteiger partial charge < -0.3 is 5.32 Å². The van der Waals surface area contributed by atoms with Crippen LogP contribution < -0.4 is 5.32 Å². The standard InChI is InChI=1S/C17H29N3/c1-3-7-15(8-4-1)13-18-14-16-11-12-20(19-16)17-9-5-2-6-10-17/h11-12,15,17-18H,1-10,13-14H2. The maximum Gasteiger partial charge on any atom is 0.0762 e. The van der Waals surface area contributed by atoms with Gasteiger partial charge in [0.25, 0.3) is 0 Å². The summed E-state index contributed by atoms with van der Waals surface area (Å²) in [6.45, 7) is 2.12. The average molecular weight is 275 g/mol. The molecule has 2 fully saturated rings. The van der Waals surface area contributed by atoms with Crippen LogP contribution in [0, 0.1) is 5.92 Å². The van der Waals surface area contributed by atoms with E-state index in [4.69, 9.17) is 5.10 Å². The first-order chi connectivity index (χ1) is 9.92. The van der Waals surface area contributed by atoms with Crippen molar-refractivity contribution in [2.45, 2.75) is 76.8 Å². The molecule has 0 saturated heterocycles. The van der Waals surface area contributed by atoms with Gasteiger partial charge in [-0.05, 0) is 44.2 Å². The predicted octanol–water partition coefficient (Wildman–Crippen LogP) is 4.06. The Hall–Kier alpha value is -0.830. The Morgan fingerprint density at radius 1 is 1.00 bits per heavy atom. The normalized spacial score (nSPS) is 22.2. The van der Waals surface area contributed by atoms with Crippen molar-refractivity contribution in [1.29, 1.82) is 0 Å². The van der Waals surface area contributed by atoms with Crippen LogP contribution in [0.2, 0.25) is 0 Å². The van der Waals surface area contributed by atoms with Crippen molar-refractivity contribution in [3.63, 3.8) is 0 Å². The summed E-state index contributed by atoms with van der Waals surface area (Å²) >= 11 is 0. The first-order valence-electron chi connectivity index (χ1n) is 8.66. The van der Waals surface area contributed by atoms with Crippen molar-refractivity contribution in [3.8, 4) is 0 Å². The van der Waals surface area contributed by atoms with Gasteiger partial charge in [-0.25, -0.2) is 0 Å². The average Bonchev–Trinajstić information content (AvgIpc) is 2.98. The molecule has 2 saturated carbocycles. The van der Waals surface area contributed by atoms with E-state index in [0.29, 0.717) is 6.04 Å². The van der Waals surface area contributed by atoms with Crippen molar-refractivity contribution in [2.24, 2.45) is 5.92 Å². The monoisotopic (exact) mass is 275 g/mol. The third-order valence-corrected chi connectivity index (χ3v) is 5.08. The van der Waals surface area contributed by atoms with Crippen molar-refractivity contribution < 1.29 is 0 Å². The molecule has 2 aliphatic rings. The third-order valence-electron chi connectivity index (χ3n) is 5.08. The Morgan fingerprint density at radius 3 is 2.45 bits per heavy atom. The van der Waals surface area contributed by atoms with Crippen LogP contribution in [0.3, 0.4) is 0 Å². The molecule has 0 aromatic carbocycles. The fraction of sp³-hybridized carbons (Fsp3) is 0.824. The van der Waals surface area contributed by atoms with Gasteiger partial charge in [0.2, 0.25) is 0 Å². The van der Waals surface area contributed by atoms with Crippen LogP contribution in [-0.4, -0.2) is 16.3 Å². The lowest BCUT2D eigenvalue weighted by Crippen LogP contribution is -2.24. The van der Waals surface area contributed by atoms with E-state index in [1.54, 1.807) is 0 Å². The summed E-state index contributed by atoms with van der Waals surface area (Å²) in [4.78, 5) is 0. The number of nitrogens with one attached hydrogen (secondary N) is 1. The zero-order valence-corrected chi connectivity index (χ0v) is 12.7. The molecule has 0 radical (unpaired) electrons. The highest BCUT2D eigenvalue weighted by Gasteiger charge is 2.16. The molecule has 1 N–H and O–H groups in total. The van der Waals surface area contributed by atoms with Gasteiger partial charge >= 0.3 is 0 Å². The molecule has 20 heavy (non-hydrogen) atoms. The smallest absolute Gasteiger partial charge is 0.0762 e. The highest BCUT2D eigenvalue weighted by atomic mass is 15.3. The van der Waals surface area contributed by atoms with Gasteiger partial charge in [0, 0.05) is 12.7 Å². The molecule has 0 unspecified atom stereocenters. The van der Waals surface area contributed by atoms with Crippen molar-refractivity contribution >= 4 is 0 Å². The van der Waals surface area contributed by atoms with Crippen LogP contribution in [0.1, 0.15) is 75.9 Å². The number of hydrogen-bond donors (Lipinski definition) is 1. The van der Waals surface area contributed by atoms with Crippen molar-refractivity contribution in [2.75, 3.05) is 6.54 Å². The summed E-state index contributed by atoms with van der Waals surface area (Å²) in [6, 6.07) is 2.86. The fourth-order valence-electron chi connectivity index (χ4n) is 3.82. The Bertz CT molecular complexity index is 387. The van der Waals surface area contributed by atoms with E-state index in [0.717, 1.165) is 12.5 Å².